The number of carboxylic acids is 1. The van der Waals surface area contributed by atoms with Crippen LogP contribution in [0.25, 0.3) is 0 Å². The summed E-state index contributed by atoms with van der Waals surface area (Å²) in [6, 6.07) is 4.08. The van der Waals surface area contributed by atoms with Crippen molar-refractivity contribution in [2.75, 3.05) is 19.7 Å². The molecule has 2 rings (SSSR count). The Morgan fingerprint density at radius 1 is 1.30 bits per heavy atom. The molecule has 0 aliphatic carbocycles. The lowest BCUT2D eigenvalue weighted by Gasteiger charge is -2.20. The molecule has 1 heterocycles. The third-order valence-electron chi connectivity index (χ3n) is 4.68. The lowest BCUT2D eigenvalue weighted by molar-refractivity contribution is -0.147. The van der Waals surface area contributed by atoms with Crippen LogP contribution in [0.5, 0.6) is 5.75 Å². The van der Waals surface area contributed by atoms with Gasteiger partial charge in [0.25, 0.3) is 0 Å². The Hall–Kier alpha value is -2.04. The first kappa shape index (κ1) is 17.3. The van der Waals surface area contributed by atoms with Gasteiger partial charge >= 0.3 is 5.97 Å². The summed E-state index contributed by atoms with van der Waals surface area (Å²) >= 11 is 0. The molecule has 1 aliphatic heterocycles. The van der Waals surface area contributed by atoms with Crippen molar-refractivity contribution >= 4 is 11.9 Å². The van der Waals surface area contributed by atoms with Crippen molar-refractivity contribution in [2.24, 2.45) is 5.41 Å². The zero-order valence-electron chi connectivity index (χ0n) is 14.3. The number of carbonyl (C=O) groups excluding carboxylic acids is 1. The van der Waals surface area contributed by atoms with Crippen molar-refractivity contribution in [2.45, 2.75) is 40.5 Å². The van der Waals surface area contributed by atoms with E-state index in [1.165, 1.54) is 5.56 Å². The molecule has 0 bridgehead atoms. The molecule has 5 heteroatoms. The van der Waals surface area contributed by atoms with Gasteiger partial charge in [0.1, 0.15) is 5.75 Å². The predicted octanol–water partition coefficient (Wildman–Crippen LogP) is 2.70. The second-order valence-corrected chi connectivity index (χ2v) is 6.73. The van der Waals surface area contributed by atoms with E-state index >= 15 is 0 Å². The molecule has 126 valence electrons. The van der Waals surface area contributed by atoms with Crippen molar-refractivity contribution in [1.82, 2.24) is 4.90 Å². The normalized spacial score (nSPS) is 20.6. The van der Waals surface area contributed by atoms with E-state index in [1.807, 2.05) is 26.8 Å². The van der Waals surface area contributed by atoms with Crippen LogP contribution in [0, 0.1) is 26.2 Å². The van der Waals surface area contributed by atoms with E-state index in [0.29, 0.717) is 19.6 Å². The van der Waals surface area contributed by atoms with Crippen LogP contribution >= 0.6 is 0 Å². The fourth-order valence-corrected chi connectivity index (χ4v) is 2.91. The first-order valence-electron chi connectivity index (χ1n) is 7.95. The lowest BCUT2D eigenvalue weighted by atomic mass is 9.90. The molecule has 0 aromatic heterocycles. The molecule has 1 amide bonds. The maximum Gasteiger partial charge on any atom is 0.311 e. The van der Waals surface area contributed by atoms with Gasteiger partial charge in [0.05, 0.1) is 18.4 Å². The van der Waals surface area contributed by atoms with Crippen molar-refractivity contribution in [3.8, 4) is 5.75 Å². The summed E-state index contributed by atoms with van der Waals surface area (Å²) in [5, 5.41) is 9.22. The number of hydrogen-bond acceptors (Lipinski definition) is 3. The topological polar surface area (TPSA) is 66.8 Å². The summed E-state index contributed by atoms with van der Waals surface area (Å²) in [7, 11) is 0. The highest BCUT2D eigenvalue weighted by molar-refractivity contribution is 5.80. The van der Waals surface area contributed by atoms with Gasteiger partial charge in [0, 0.05) is 13.1 Å². The van der Waals surface area contributed by atoms with Gasteiger partial charge < -0.3 is 14.7 Å². The molecule has 0 radical (unpaired) electrons. The van der Waals surface area contributed by atoms with Gasteiger partial charge in [-0.3, -0.25) is 9.59 Å². The molecule has 1 saturated heterocycles. The van der Waals surface area contributed by atoms with Crippen LogP contribution in [0.4, 0.5) is 0 Å². The zero-order chi connectivity index (χ0) is 17.2. The quantitative estimate of drug-likeness (QED) is 0.906. The Balaban J connectivity index is 1.88. The number of carboxylic acid groups (broad SMARTS) is 1. The molecule has 0 saturated carbocycles. The largest absolute Gasteiger partial charge is 0.493 e. The number of hydrogen-bond donors (Lipinski definition) is 1. The molecule has 1 aromatic carbocycles. The number of amides is 1. The molecular weight excluding hydrogens is 294 g/mol. The Morgan fingerprint density at radius 3 is 2.61 bits per heavy atom. The molecule has 1 aromatic rings. The molecule has 5 nitrogen and oxygen atoms in total. The predicted molar refractivity (Wildman–Crippen MR) is 87.7 cm³/mol. The fourth-order valence-electron chi connectivity index (χ4n) is 2.91. The zero-order valence-corrected chi connectivity index (χ0v) is 14.3. The van der Waals surface area contributed by atoms with Crippen molar-refractivity contribution in [1.29, 1.82) is 0 Å². The fraction of sp³-hybridized carbons (Fsp3) is 0.556. The lowest BCUT2D eigenvalue weighted by Crippen LogP contribution is -2.35. The van der Waals surface area contributed by atoms with Crippen LogP contribution < -0.4 is 4.74 Å². The van der Waals surface area contributed by atoms with Gasteiger partial charge in [-0.1, -0.05) is 6.07 Å². The van der Waals surface area contributed by atoms with Gasteiger partial charge in [-0.15, -0.1) is 0 Å². The minimum Gasteiger partial charge on any atom is -0.493 e. The molecule has 1 aliphatic rings. The number of aliphatic carboxylic acids is 1. The number of benzene rings is 1. The molecule has 1 fully saturated rings. The molecular formula is C18H25NO4. The summed E-state index contributed by atoms with van der Waals surface area (Å²) in [6.45, 7) is 8.85. The third kappa shape index (κ3) is 3.84. The number of aryl methyl sites for hydroxylation is 2. The van der Waals surface area contributed by atoms with Gasteiger partial charge in [0.2, 0.25) is 5.91 Å². The van der Waals surface area contributed by atoms with Crippen LogP contribution in [0.15, 0.2) is 12.1 Å². The summed E-state index contributed by atoms with van der Waals surface area (Å²) in [5.74, 6) is -0.0704. The van der Waals surface area contributed by atoms with Crippen LogP contribution in [-0.4, -0.2) is 41.6 Å². The van der Waals surface area contributed by atoms with Gasteiger partial charge in [-0.2, -0.15) is 0 Å². The highest BCUT2D eigenvalue weighted by Crippen LogP contribution is 2.30. The Bertz CT molecular complexity index is 626. The summed E-state index contributed by atoms with van der Waals surface area (Å²) in [4.78, 5) is 25.1. The molecule has 23 heavy (non-hydrogen) atoms. The third-order valence-corrected chi connectivity index (χ3v) is 4.68. The first-order chi connectivity index (χ1) is 10.7. The van der Waals surface area contributed by atoms with E-state index in [9.17, 15) is 14.7 Å². The average molecular weight is 319 g/mol. The van der Waals surface area contributed by atoms with Gasteiger partial charge in [-0.05, 0) is 56.9 Å². The van der Waals surface area contributed by atoms with E-state index in [4.69, 9.17) is 4.74 Å². The standard InChI is InChI=1S/C18H25NO4/c1-12-9-13(2)14(3)15(10-12)23-8-5-16(20)19-7-6-18(4,11-19)17(21)22/h9-10H,5-8,11H2,1-4H3,(H,21,22). The van der Waals surface area contributed by atoms with Crippen LogP contribution in [-0.2, 0) is 9.59 Å². The second-order valence-electron chi connectivity index (χ2n) is 6.73. The van der Waals surface area contributed by atoms with E-state index in [-0.39, 0.29) is 18.9 Å². The maximum atomic E-state index is 12.2. The van der Waals surface area contributed by atoms with Crippen molar-refractivity contribution < 1.29 is 19.4 Å². The number of nitrogens with zero attached hydrogens (tertiary/aromatic N) is 1. The average Bonchev–Trinajstić information content (AvgIpc) is 2.88. The number of rotatable bonds is 5. The van der Waals surface area contributed by atoms with Gasteiger partial charge in [-0.25, -0.2) is 0 Å². The molecule has 1 unspecified atom stereocenters. The Labute approximate surface area is 137 Å². The molecule has 1 atom stereocenters. The van der Waals surface area contributed by atoms with E-state index in [0.717, 1.165) is 16.9 Å². The maximum absolute atomic E-state index is 12.2. The minimum atomic E-state index is -0.838. The monoisotopic (exact) mass is 319 g/mol. The second kappa shape index (κ2) is 6.60. The molecule has 1 N–H and O–H groups in total. The first-order valence-corrected chi connectivity index (χ1v) is 7.95. The highest BCUT2D eigenvalue weighted by atomic mass is 16.5. The van der Waals surface area contributed by atoms with Crippen LogP contribution in [0.1, 0.15) is 36.5 Å². The Kier molecular flexibility index (Phi) is 4.97. The number of likely N-dealkylation sites (tertiary alicyclic amines) is 1. The SMILES string of the molecule is Cc1cc(C)c(C)c(OCCC(=O)N2CCC(C)(C(=O)O)C2)c1. The van der Waals surface area contributed by atoms with Crippen LogP contribution in [0.2, 0.25) is 0 Å². The van der Waals surface area contributed by atoms with Gasteiger partial charge in [0.15, 0.2) is 0 Å². The smallest absolute Gasteiger partial charge is 0.311 e. The highest BCUT2D eigenvalue weighted by Gasteiger charge is 2.41. The summed E-state index contributed by atoms with van der Waals surface area (Å²) < 4.78 is 5.76. The number of ether oxygens (including phenoxy) is 1. The van der Waals surface area contributed by atoms with Crippen molar-refractivity contribution in [3.05, 3.63) is 28.8 Å². The van der Waals surface area contributed by atoms with E-state index < -0.39 is 11.4 Å². The van der Waals surface area contributed by atoms with Crippen molar-refractivity contribution in [3.63, 3.8) is 0 Å². The summed E-state index contributed by atoms with van der Waals surface area (Å²) in [5.41, 5.74) is 2.57. The Morgan fingerprint density at radius 2 is 2.00 bits per heavy atom. The van der Waals surface area contributed by atoms with E-state index in [1.54, 1.807) is 11.8 Å². The summed E-state index contributed by atoms with van der Waals surface area (Å²) in [6.07, 6.45) is 0.771. The van der Waals surface area contributed by atoms with Crippen LogP contribution in [0.3, 0.4) is 0 Å². The minimum absolute atomic E-state index is 0.0444. The van der Waals surface area contributed by atoms with E-state index in [2.05, 4.69) is 6.07 Å². The molecule has 0 spiro atoms. The number of carbonyl (C=O) groups is 2.